The van der Waals surface area contributed by atoms with E-state index in [1.807, 2.05) is 32.0 Å². The van der Waals surface area contributed by atoms with Crippen molar-refractivity contribution in [3.63, 3.8) is 0 Å². The number of aromatic nitrogens is 1. The molecule has 21 heavy (non-hydrogen) atoms. The Balaban J connectivity index is 2.12. The summed E-state index contributed by atoms with van der Waals surface area (Å²) in [6.45, 7) is 4.53. The minimum atomic E-state index is -0.177. The van der Waals surface area contributed by atoms with Crippen molar-refractivity contribution in [2.75, 3.05) is 11.9 Å². The Morgan fingerprint density at radius 1 is 1.33 bits per heavy atom. The number of hydrogen-bond acceptors (Lipinski definition) is 3. The van der Waals surface area contributed by atoms with E-state index in [9.17, 15) is 4.79 Å². The molecule has 0 aliphatic rings. The van der Waals surface area contributed by atoms with Gasteiger partial charge in [0.15, 0.2) is 0 Å². The third-order valence-electron chi connectivity index (χ3n) is 2.87. The number of nitrogens with zero attached hydrogens (tertiary/aromatic N) is 1. The van der Waals surface area contributed by atoms with Gasteiger partial charge in [-0.1, -0.05) is 13.0 Å². The van der Waals surface area contributed by atoms with Crippen LogP contribution in [0, 0.1) is 6.92 Å². The first-order valence-electron chi connectivity index (χ1n) is 6.77. The van der Waals surface area contributed by atoms with Gasteiger partial charge in [0, 0.05) is 5.56 Å². The highest BCUT2D eigenvalue weighted by Crippen LogP contribution is 2.19. The van der Waals surface area contributed by atoms with Crippen molar-refractivity contribution in [2.45, 2.75) is 20.3 Å². The summed E-state index contributed by atoms with van der Waals surface area (Å²) in [5.41, 5.74) is 2.02. The lowest BCUT2D eigenvalue weighted by Crippen LogP contribution is -2.13. The molecule has 1 aromatic carbocycles. The van der Waals surface area contributed by atoms with Crippen molar-refractivity contribution in [3.8, 4) is 5.75 Å². The lowest BCUT2D eigenvalue weighted by Gasteiger charge is -2.09. The molecule has 0 atom stereocenters. The van der Waals surface area contributed by atoms with E-state index in [0.717, 1.165) is 16.7 Å². The normalized spacial score (nSPS) is 10.2. The number of ether oxygens (including phenoxy) is 1. The van der Waals surface area contributed by atoms with Gasteiger partial charge in [-0.3, -0.25) is 4.79 Å². The van der Waals surface area contributed by atoms with Crippen LogP contribution >= 0.6 is 15.9 Å². The van der Waals surface area contributed by atoms with Crippen LogP contribution < -0.4 is 10.1 Å². The number of nitrogens with one attached hydrogen (secondary N) is 1. The highest BCUT2D eigenvalue weighted by molar-refractivity contribution is 9.10. The standard InChI is InChI=1S/C16H17BrN2O2/c1-3-9-21-13-6-4-5-12(10-13)16(20)19-14-7-8-15(17)18-11(14)2/h4-8,10H,3,9H2,1-2H3,(H,19,20). The maximum atomic E-state index is 12.3. The van der Waals surface area contributed by atoms with Crippen LogP contribution in [0.5, 0.6) is 5.75 Å². The molecule has 2 aromatic rings. The Morgan fingerprint density at radius 3 is 2.86 bits per heavy atom. The van der Waals surface area contributed by atoms with Gasteiger partial charge in [-0.25, -0.2) is 4.98 Å². The van der Waals surface area contributed by atoms with Crippen molar-refractivity contribution in [1.29, 1.82) is 0 Å². The fourth-order valence-corrected chi connectivity index (χ4v) is 2.20. The zero-order valence-corrected chi connectivity index (χ0v) is 13.6. The molecule has 1 N–H and O–H groups in total. The molecule has 1 heterocycles. The molecule has 110 valence electrons. The van der Waals surface area contributed by atoms with E-state index in [0.29, 0.717) is 23.6 Å². The molecule has 0 fully saturated rings. The molecule has 2 rings (SSSR count). The number of benzene rings is 1. The second-order valence-electron chi connectivity index (χ2n) is 4.60. The summed E-state index contributed by atoms with van der Waals surface area (Å²) in [7, 11) is 0. The molecule has 0 aliphatic carbocycles. The van der Waals surface area contributed by atoms with Gasteiger partial charge in [-0.2, -0.15) is 0 Å². The van der Waals surface area contributed by atoms with Crippen molar-refractivity contribution < 1.29 is 9.53 Å². The molecule has 4 nitrogen and oxygen atoms in total. The number of aryl methyl sites for hydroxylation is 1. The highest BCUT2D eigenvalue weighted by Gasteiger charge is 2.09. The Labute approximate surface area is 132 Å². The molecule has 0 saturated heterocycles. The third-order valence-corrected chi connectivity index (χ3v) is 3.31. The average molecular weight is 349 g/mol. The van der Waals surface area contributed by atoms with Crippen LogP contribution in [0.4, 0.5) is 5.69 Å². The second kappa shape index (κ2) is 7.22. The molecule has 0 radical (unpaired) electrons. The summed E-state index contributed by atoms with van der Waals surface area (Å²) in [6.07, 6.45) is 0.931. The highest BCUT2D eigenvalue weighted by atomic mass is 79.9. The van der Waals surface area contributed by atoms with Gasteiger partial charge < -0.3 is 10.1 Å². The summed E-state index contributed by atoms with van der Waals surface area (Å²) in [5, 5.41) is 2.86. The summed E-state index contributed by atoms with van der Waals surface area (Å²) in [4.78, 5) is 16.5. The van der Waals surface area contributed by atoms with Gasteiger partial charge in [0.2, 0.25) is 0 Å². The smallest absolute Gasteiger partial charge is 0.255 e. The Bertz CT molecular complexity index is 644. The molecular weight excluding hydrogens is 332 g/mol. The summed E-state index contributed by atoms with van der Waals surface area (Å²) >= 11 is 3.30. The molecular formula is C16H17BrN2O2. The number of anilines is 1. The summed E-state index contributed by atoms with van der Waals surface area (Å²) < 4.78 is 6.28. The molecule has 0 aliphatic heterocycles. The maximum Gasteiger partial charge on any atom is 0.255 e. The first-order chi connectivity index (χ1) is 10.1. The lowest BCUT2D eigenvalue weighted by molar-refractivity contribution is 0.102. The van der Waals surface area contributed by atoms with Crippen molar-refractivity contribution >= 4 is 27.5 Å². The fraction of sp³-hybridized carbons (Fsp3) is 0.250. The maximum absolute atomic E-state index is 12.3. The number of halogens is 1. The van der Waals surface area contributed by atoms with E-state index in [4.69, 9.17) is 4.74 Å². The summed E-state index contributed by atoms with van der Waals surface area (Å²) in [6, 6.07) is 10.8. The Morgan fingerprint density at radius 2 is 2.14 bits per heavy atom. The molecule has 1 amide bonds. The largest absolute Gasteiger partial charge is 0.494 e. The molecule has 0 unspecified atom stereocenters. The van der Waals surface area contributed by atoms with Gasteiger partial charge in [0.1, 0.15) is 10.4 Å². The topological polar surface area (TPSA) is 51.2 Å². The fourth-order valence-electron chi connectivity index (χ4n) is 1.80. The Kier molecular flexibility index (Phi) is 5.33. The molecule has 0 bridgehead atoms. The van der Waals surface area contributed by atoms with E-state index >= 15 is 0 Å². The van der Waals surface area contributed by atoms with Crippen molar-refractivity contribution in [2.24, 2.45) is 0 Å². The minimum absolute atomic E-state index is 0.177. The van der Waals surface area contributed by atoms with Crippen LogP contribution in [0.25, 0.3) is 0 Å². The molecule has 0 spiro atoms. The van der Waals surface area contributed by atoms with E-state index in [1.54, 1.807) is 18.2 Å². The number of rotatable bonds is 5. The number of carbonyl (C=O) groups is 1. The molecule has 1 aromatic heterocycles. The SMILES string of the molecule is CCCOc1cccc(C(=O)Nc2ccc(Br)nc2C)c1. The number of pyridine rings is 1. The van der Waals surface area contributed by atoms with Crippen LogP contribution in [0.2, 0.25) is 0 Å². The number of carbonyl (C=O) groups excluding carboxylic acids is 1. The van der Waals surface area contributed by atoms with Crippen LogP contribution in [0.1, 0.15) is 29.4 Å². The lowest BCUT2D eigenvalue weighted by atomic mass is 10.2. The predicted octanol–water partition coefficient (Wildman–Crippen LogP) is 4.19. The van der Waals surface area contributed by atoms with Crippen LogP contribution in [0.3, 0.4) is 0 Å². The first-order valence-corrected chi connectivity index (χ1v) is 7.57. The van der Waals surface area contributed by atoms with E-state index in [1.165, 1.54) is 0 Å². The molecule has 5 heteroatoms. The second-order valence-corrected chi connectivity index (χ2v) is 5.41. The van der Waals surface area contributed by atoms with Gasteiger partial charge in [-0.15, -0.1) is 0 Å². The molecule has 0 saturated carbocycles. The monoisotopic (exact) mass is 348 g/mol. The zero-order valence-electron chi connectivity index (χ0n) is 12.0. The quantitative estimate of drug-likeness (QED) is 0.824. The van der Waals surface area contributed by atoms with Gasteiger partial charge in [0.05, 0.1) is 18.0 Å². The van der Waals surface area contributed by atoms with E-state index < -0.39 is 0 Å². The van der Waals surface area contributed by atoms with Gasteiger partial charge >= 0.3 is 0 Å². The van der Waals surface area contributed by atoms with Crippen LogP contribution in [-0.2, 0) is 0 Å². The number of amides is 1. The average Bonchev–Trinajstić information content (AvgIpc) is 2.48. The van der Waals surface area contributed by atoms with Crippen molar-refractivity contribution in [3.05, 3.63) is 52.3 Å². The van der Waals surface area contributed by atoms with Crippen molar-refractivity contribution in [1.82, 2.24) is 4.98 Å². The third kappa shape index (κ3) is 4.29. The Hall–Kier alpha value is -1.88. The zero-order chi connectivity index (χ0) is 15.2. The van der Waals surface area contributed by atoms with Crippen LogP contribution in [-0.4, -0.2) is 17.5 Å². The van der Waals surface area contributed by atoms with Crippen LogP contribution in [0.15, 0.2) is 41.0 Å². The van der Waals surface area contributed by atoms with E-state index in [-0.39, 0.29) is 5.91 Å². The summed E-state index contributed by atoms with van der Waals surface area (Å²) in [5.74, 6) is 0.527. The van der Waals surface area contributed by atoms with Gasteiger partial charge in [-0.05, 0) is 59.6 Å². The number of hydrogen-bond donors (Lipinski definition) is 1. The van der Waals surface area contributed by atoms with Gasteiger partial charge in [0.25, 0.3) is 5.91 Å². The minimum Gasteiger partial charge on any atom is -0.494 e. The first kappa shape index (κ1) is 15.5. The van der Waals surface area contributed by atoms with E-state index in [2.05, 4.69) is 26.2 Å². The predicted molar refractivity (Wildman–Crippen MR) is 86.9 cm³/mol.